The number of likely N-dealkylation sites (tertiary alicyclic amines) is 1. The predicted molar refractivity (Wildman–Crippen MR) is 112 cm³/mol. The zero-order valence-corrected chi connectivity index (χ0v) is 16.9. The van der Waals surface area contributed by atoms with Crippen LogP contribution in [0.4, 0.5) is 0 Å². The molecule has 0 bridgehead atoms. The smallest absolute Gasteiger partial charge is 0.254 e. The SMILES string of the molecule is CCn1cc(C(=O)NCC2CCN(Cc3[nH]c4ccccc4c3Cl)CC2)cn1. The van der Waals surface area contributed by atoms with Gasteiger partial charge in [-0.1, -0.05) is 29.8 Å². The van der Waals surface area contributed by atoms with Crippen molar-refractivity contribution in [1.29, 1.82) is 0 Å². The highest BCUT2D eigenvalue weighted by Gasteiger charge is 2.22. The number of benzene rings is 1. The van der Waals surface area contributed by atoms with Gasteiger partial charge in [0, 0.05) is 42.4 Å². The Morgan fingerprint density at radius 3 is 2.82 bits per heavy atom. The van der Waals surface area contributed by atoms with Gasteiger partial charge in [-0.15, -0.1) is 0 Å². The number of aromatic amines is 1. The second-order valence-electron chi connectivity index (χ2n) is 7.48. The summed E-state index contributed by atoms with van der Waals surface area (Å²) in [6, 6.07) is 8.14. The Labute approximate surface area is 169 Å². The number of aromatic nitrogens is 3. The van der Waals surface area contributed by atoms with Gasteiger partial charge in [-0.25, -0.2) is 0 Å². The highest BCUT2D eigenvalue weighted by molar-refractivity contribution is 6.36. The largest absolute Gasteiger partial charge is 0.356 e. The molecule has 0 saturated carbocycles. The van der Waals surface area contributed by atoms with Crippen LogP contribution < -0.4 is 5.32 Å². The molecule has 6 nitrogen and oxygen atoms in total. The number of hydrogen-bond acceptors (Lipinski definition) is 3. The quantitative estimate of drug-likeness (QED) is 0.664. The number of carbonyl (C=O) groups excluding carboxylic acids is 1. The van der Waals surface area contributed by atoms with E-state index in [0.717, 1.165) is 67.2 Å². The molecule has 0 spiro atoms. The van der Waals surface area contributed by atoms with Gasteiger partial charge in [0.1, 0.15) is 0 Å². The number of fused-ring (bicyclic) bond motifs is 1. The van der Waals surface area contributed by atoms with Crippen molar-refractivity contribution in [3.63, 3.8) is 0 Å². The third-order valence-electron chi connectivity index (χ3n) is 5.57. The topological polar surface area (TPSA) is 66.0 Å². The first-order valence-corrected chi connectivity index (χ1v) is 10.3. The van der Waals surface area contributed by atoms with E-state index < -0.39 is 0 Å². The fourth-order valence-electron chi connectivity index (χ4n) is 3.84. The molecule has 1 fully saturated rings. The molecule has 1 saturated heterocycles. The summed E-state index contributed by atoms with van der Waals surface area (Å²) >= 11 is 6.55. The minimum atomic E-state index is -0.0352. The molecule has 7 heteroatoms. The van der Waals surface area contributed by atoms with Gasteiger partial charge in [-0.2, -0.15) is 5.10 Å². The van der Waals surface area contributed by atoms with Crippen LogP contribution in [0, 0.1) is 5.92 Å². The lowest BCUT2D eigenvalue weighted by molar-refractivity contribution is 0.0935. The standard InChI is InChI=1S/C21H26ClN5O/c1-2-27-13-16(12-24-27)21(28)23-11-15-7-9-26(10-8-15)14-19-20(22)17-5-3-4-6-18(17)25-19/h3-6,12-13,15,25H,2,7-11,14H2,1H3,(H,23,28). The average molecular weight is 400 g/mol. The first kappa shape index (κ1) is 19.0. The van der Waals surface area contributed by atoms with Crippen LogP contribution in [-0.2, 0) is 13.1 Å². The Kier molecular flexibility index (Phi) is 5.69. The summed E-state index contributed by atoms with van der Waals surface area (Å²) in [5.41, 5.74) is 2.81. The number of nitrogens with one attached hydrogen (secondary N) is 2. The minimum absolute atomic E-state index is 0.0352. The van der Waals surface area contributed by atoms with Gasteiger partial charge in [0.15, 0.2) is 0 Å². The lowest BCUT2D eigenvalue weighted by Gasteiger charge is -2.31. The Morgan fingerprint density at radius 1 is 1.32 bits per heavy atom. The normalized spacial score (nSPS) is 15.9. The van der Waals surface area contributed by atoms with Crippen LogP contribution in [0.25, 0.3) is 10.9 Å². The van der Waals surface area contributed by atoms with Crippen LogP contribution in [0.1, 0.15) is 35.8 Å². The molecule has 0 aliphatic carbocycles. The molecule has 4 rings (SSSR count). The van der Waals surface area contributed by atoms with Crippen LogP contribution in [0.3, 0.4) is 0 Å². The molecule has 1 aliphatic rings. The van der Waals surface area contributed by atoms with Crippen LogP contribution >= 0.6 is 11.6 Å². The monoisotopic (exact) mass is 399 g/mol. The molecule has 1 aromatic carbocycles. The summed E-state index contributed by atoms with van der Waals surface area (Å²) in [6.45, 7) is 6.36. The van der Waals surface area contributed by atoms with Crippen LogP contribution in [0.2, 0.25) is 5.02 Å². The molecular formula is C21H26ClN5O. The second-order valence-corrected chi connectivity index (χ2v) is 7.86. The van der Waals surface area contributed by atoms with Crippen molar-refractivity contribution < 1.29 is 4.79 Å². The highest BCUT2D eigenvalue weighted by Crippen LogP contribution is 2.29. The zero-order valence-electron chi connectivity index (χ0n) is 16.1. The van der Waals surface area contributed by atoms with Crippen molar-refractivity contribution in [2.75, 3.05) is 19.6 Å². The summed E-state index contributed by atoms with van der Waals surface area (Å²) in [7, 11) is 0. The number of carbonyl (C=O) groups is 1. The number of rotatable bonds is 6. The summed E-state index contributed by atoms with van der Waals surface area (Å²) in [6.07, 6.45) is 5.58. The summed E-state index contributed by atoms with van der Waals surface area (Å²) < 4.78 is 1.77. The van der Waals surface area contributed by atoms with Crippen molar-refractivity contribution in [1.82, 2.24) is 25.0 Å². The molecule has 2 N–H and O–H groups in total. The number of hydrogen-bond donors (Lipinski definition) is 2. The van der Waals surface area contributed by atoms with Crippen LogP contribution in [-0.4, -0.2) is 45.2 Å². The molecule has 2 aromatic heterocycles. The Balaban J connectivity index is 1.26. The number of para-hydroxylation sites is 1. The van der Waals surface area contributed by atoms with E-state index in [-0.39, 0.29) is 5.91 Å². The number of halogens is 1. The van der Waals surface area contributed by atoms with Crippen molar-refractivity contribution in [3.8, 4) is 0 Å². The average Bonchev–Trinajstić information content (AvgIpc) is 3.33. The molecule has 28 heavy (non-hydrogen) atoms. The van der Waals surface area contributed by atoms with Gasteiger partial charge in [-0.3, -0.25) is 14.4 Å². The van der Waals surface area contributed by atoms with Gasteiger partial charge in [0.2, 0.25) is 0 Å². The fraction of sp³-hybridized carbons (Fsp3) is 0.429. The van der Waals surface area contributed by atoms with Gasteiger partial charge >= 0.3 is 0 Å². The Hall–Kier alpha value is -2.31. The van der Waals surface area contributed by atoms with E-state index in [1.54, 1.807) is 17.1 Å². The van der Waals surface area contributed by atoms with E-state index in [0.29, 0.717) is 11.5 Å². The molecule has 0 atom stereocenters. The lowest BCUT2D eigenvalue weighted by atomic mass is 9.96. The molecule has 0 unspecified atom stereocenters. The van der Waals surface area contributed by atoms with E-state index in [1.165, 1.54) is 0 Å². The first-order chi connectivity index (χ1) is 13.6. The molecule has 148 valence electrons. The number of amides is 1. The zero-order chi connectivity index (χ0) is 19.5. The fourth-order valence-corrected chi connectivity index (χ4v) is 4.11. The number of nitrogens with zero attached hydrogens (tertiary/aromatic N) is 3. The van der Waals surface area contributed by atoms with Crippen molar-refractivity contribution in [2.24, 2.45) is 5.92 Å². The molecule has 1 aliphatic heterocycles. The maximum absolute atomic E-state index is 12.3. The van der Waals surface area contributed by atoms with E-state index in [1.807, 2.05) is 19.1 Å². The second kappa shape index (κ2) is 8.37. The summed E-state index contributed by atoms with van der Waals surface area (Å²) in [5, 5.41) is 9.14. The minimum Gasteiger partial charge on any atom is -0.356 e. The summed E-state index contributed by atoms with van der Waals surface area (Å²) in [5.74, 6) is 0.478. The Morgan fingerprint density at radius 2 is 2.11 bits per heavy atom. The number of piperidine rings is 1. The van der Waals surface area contributed by atoms with Gasteiger partial charge in [0.05, 0.1) is 16.8 Å². The maximum atomic E-state index is 12.3. The number of H-pyrrole nitrogens is 1. The van der Waals surface area contributed by atoms with Gasteiger partial charge < -0.3 is 10.3 Å². The van der Waals surface area contributed by atoms with E-state index in [4.69, 9.17) is 11.6 Å². The van der Waals surface area contributed by atoms with Crippen molar-refractivity contribution in [3.05, 3.63) is 52.9 Å². The van der Waals surface area contributed by atoms with E-state index in [9.17, 15) is 4.79 Å². The number of aryl methyl sites for hydroxylation is 1. The van der Waals surface area contributed by atoms with E-state index >= 15 is 0 Å². The molecule has 0 radical (unpaired) electrons. The molecule has 1 amide bonds. The van der Waals surface area contributed by atoms with Gasteiger partial charge in [-0.05, 0) is 44.8 Å². The van der Waals surface area contributed by atoms with Crippen molar-refractivity contribution >= 4 is 28.4 Å². The third-order valence-corrected chi connectivity index (χ3v) is 6.01. The van der Waals surface area contributed by atoms with Crippen LogP contribution in [0.5, 0.6) is 0 Å². The first-order valence-electron chi connectivity index (χ1n) is 9.92. The molecule has 3 heterocycles. The molecule has 3 aromatic rings. The summed E-state index contributed by atoms with van der Waals surface area (Å²) in [4.78, 5) is 18.1. The molecular weight excluding hydrogens is 374 g/mol. The Bertz CT molecular complexity index is 955. The third kappa shape index (κ3) is 4.08. The lowest BCUT2D eigenvalue weighted by Crippen LogP contribution is -2.38. The maximum Gasteiger partial charge on any atom is 0.254 e. The van der Waals surface area contributed by atoms with Gasteiger partial charge in [0.25, 0.3) is 5.91 Å². The van der Waals surface area contributed by atoms with E-state index in [2.05, 4.69) is 32.4 Å². The van der Waals surface area contributed by atoms with Crippen molar-refractivity contribution in [2.45, 2.75) is 32.9 Å². The van der Waals surface area contributed by atoms with Crippen LogP contribution in [0.15, 0.2) is 36.7 Å². The predicted octanol–water partition coefficient (Wildman–Crippen LogP) is 3.68. The highest BCUT2D eigenvalue weighted by atomic mass is 35.5.